The molecule has 1 aliphatic heterocycles. The third-order valence-corrected chi connectivity index (χ3v) is 5.34. The molecule has 5 heteroatoms. The van der Waals surface area contributed by atoms with Crippen LogP contribution in [0.25, 0.3) is 0 Å². The molecule has 3 rings (SSSR count). The molecule has 4 nitrogen and oxygen atoms in total. The fourth-order valence-corrected chi connectivity index (χ4v) is 3.92. The molecule has 0 unspecified atom stereocenters. The van der Waals surface area contributed by atoms with Crippen molar-refractivity contribution in [1.82, 2.24) is 15.1 Å². The molecule has 1 saturated heterocycles. The minimum Gasteiger partial charge on any atom is -0.342 e. The largest absolute Gasteiger partial charge is 0.342 e. The normalized spacial score (nSPS) is 18.1. The van der Waals surface area contributed by atoms with Crippen LogP contribution in [-0.4, -0.2) is 39.8 Å². The Morgan fingerprint density at radius 1 is 1.30 bits per heavy atom. The molecule has 2 heterocycles. The van der Waals surface area contributed by atoms with Crippen molar-refractivity contribution in [3.8, 4) is 0 Å². The number of H-pyrrole nitrogens is 1. The van der Waals surface area contributed by atoms with E-state index in [4.69, 9.17) is 0 Å². The van der Waals surface area contributed by atoms with Crippen LogP contribution in [0.3, 0.4) is 0 Å². The number of nitrogens with zero attached hydrogens (tertiary/aromatic N) is 2. The van der Waals surface area contributed by atoms with Gasteiger partial charge in [-0.3, -0.25) is 9.89 Å². The number of aromatic amines is 1. The van der Waals surface area contributed by atoms with Crippen molar-refractivity contribution >= 4 is 17.7 Å². The lowest BCUT2D eigenvalue weighted by Crippen LogP contribution is -2.39. The highest BCUT2D eigenvalue weighted by Gasteiger charge is 2.25. The Morgan fingerprint density at radius 2 is 2.17 bits per heavy atom. The first-order valence-electron chi connectivity index (χ1n) is 8.21. The summed E-state index contributed by atoms with van der Waals surface area (Å²) in [6, 6.07) is 12.4. The van der Waals surface area contributed by atoms with E-state index in [1.807, 2.05) is 28.8 Å². The molecule has 1 N–H and O–H groups in total. The summed E-state index contributed by atoms with van der Waals surface area (Å²) in [5, 5.41) is 7.07. The summed E-state index contributed by atoms with van der Waals surface area (Å²) >= 11 is 1.83. The van der Waals surface area contributed by atoms with Crippen molar-refractivity contribution in [2.24, 2.45) is 0 Å². The van der Waals surface area contributed by atoms with Gasteiger partial charge in [0, 0.05) is 48.8 Å². The summed E-state index contributed by atoms with van der Waals surface area (Å²) in [6.45, 7) is 1.72. The number of carbonyl (C=O) groups excluding carboxylic acids is 1. The Morgan fingerprint density at radius 3 is 2.96 bits per heavy atom. The first-order valence-corrected chi connectivity index (χ1v) is 9.37. The summed E-state index contributed by atoms with van der Waals surface area (Å²) in [4.78, 5) is 14.4. The SMILES string of the molecule is O=C(CCSCc1ccccc1)N1CCC[C@H](c2ccn[nH]2)C1. The van der Waals surface area contributed by atoms with Gasteiger partial charge in [-0.15, -0.1) is 0 Å². The van der Waals surface area contributed by atoms with Crippen LogP contribution in [0, 0.1) is 0 Å². The van der Waals surface area contributed by atoms with E-state index in [1.54, 1.807) is 6.20 Å². The van der Waals surface area contributed by atoms with Gasteiger partial charge in [-0.25, -0.2) is 0 Å². The number of hydrogen-bond donors (Lipinski definition) is 1. The molecule has 1 aromatic carbocycles. The maximum Gasteiger partial charge on any atom is 0.223 e. The molecule has 1 aromatic heterocycles. The molecule has 0 saturated carbocycles. The van der Waals surface area contributed by atoms with E-state index >= 15 is 0 Å². The first kappa shape index (κ1) is 16.1. The Balaban J connectivity index is 1.41. The minimum atomic E-state index is 0.287. The lowest BCUT2D eigenvalue weighted by molar-refractivity contribution is -0.131. The van der Waals surface area contributed by atoms with Gasteiger partial charge in [0.1, 0.15) is 0 Å². The fourth-order valence-electron chi connectivity index (χ4n) is 3.03. The van der Waals surface area contributed by atoms with Crippen molar-refractivity contribution in [3.05, 3.63) is 53.9 Å². The number of amides is 1. The quantitative estimate of drug-likeness (QED) is 0.826. The summed E-state index contributed by atoms with van der Waals surface area (Å²) in [5.41, 5.74) is 2.48. The zero-order chi connectivity index (χ0) is 15.9. The third-order valence-electron chi connectivity index (χ3n) is 4.31. The van der Waals surface area contributed by atoms with Crippen LogP contribution in [0.5, 0.6) is 0 Å². The van der Waals surface area contributed by atoms with Crippen molar-refractivity contribution in [1.29, 1.82) is 0 Å². The predicted octanol–water partition coefficient (Wildman–Crippen LogP) is 3.44. The van der Waals surface area contributed by atoms with E-state index in [-0.39, 0.29) is 5.91 Å². The molecule has 2 aromatic rings. The van der Waals surface area contributed by atoms with Gasteiger partial charge in [0.25, 0.3) is 0 Å². The summed E-state index contributed by atoms with van der Waals surface area (Å²) in [6.07, 6.45) is 4.63. The van der Waals surface area contributed by atoms with Gasteiger partial charge in [0.15, 0.2) is 0 Å². The molecular weight excluding hydrogens is 306 g/mol. The average Bonchev–Trinajstić information content (AvgIpc) is 3.14. The Kier molecular flexibility index (Phi) is 5.75. The number of piperidine rings is 1. The van der Waals surface area contributed by atoms with Crippen molar-refractivity contribution in [2.75, 3.05) is 18.8 Å². The monoisotopic (exact) mass is 329 g/mol. The minimum absolute atomic E-state index is 0.287. The predicted molar refractivity (Wildman–Crippen MR) is 94.4 cm³/mol. The topological polar surface area (TPSA) is 49.0 Å². The molecule has 1 amide bonds. The van der Waals surface area contributed by atoms with Crippen molar-refractivity contribution in [3.63, 3.8) is 0 Å². The highest BCUT2D eigenvalue weighted by molar-refractivity contribution is 7.98. The zero-order valence-electron chi connectivity index (χ0n) is 13.3. The highest BCUT2D eigenvalue weighted by atomic mass is 32.2. The van der Waals surface area contributed by atoms with Crippen LogP contribution in [0.2, 0.25) is 0 Å². The number of hydrogen-bond acceptors (Lipinski definition) is 3. The fraction of sp³-hybridized carbons (Fsp3) is 0.444. The van der Waals surface area contributed by atoms with E-state index in [0.717, 1.165) is 43.1 Å². The maximum absolute atomic E-state index is 12.4. The van der Waals surface area contributed by atoms with Crippen LogP contribution in [-0.2, 0) is 10.5 Å². The maximum atomic E-state index is 12.4. The second kappa shape index (κ2) is 8.20. The second-order valence-electron chi connectivity index (χ2n) is 5.98. The van der Waals surface area contributed by atoms with Gasteiger partial charge in [-0.1, -0.05) is 30.3 Å². The van der Waals surface area contributed by atoms with Crippen molar-refractivity contribution < 1.29 is 4.79 Å². The molecule has 0 spiro atoms. The van der Waals surface area contributed by atoms with Gasteiger partial charge in [0.2, 0.25) is 5.91 Å². The van der Waals surface area contributed by atoms with Crippen LogP contribution >= 0.6 is 11.8 Å². The third kappa shape index (κ3) is 4.61. The van der Waals surface area contributed by atoms with E-state index in [1.165, 1.54) is 5.56 Å². The number of benzene rings is 1. The molecule has 1 aliphatic rings. The van der Waals surface area contributed by atoms with Crippen molar-refractivity contribution in [2.45, 2.75) is 30.9 Å². The first-order chi connectivity index (χ1) is 11.3. The van der Waals surface area contributed by atoms with Gasteiger partial charge in [-0.05, 0) is 24.5 Å². The van der Waals surface area contributed by atoms with E-state index in [2.05, 4.69) is 34.5 Å². The summed E-state index contributed by atoms with van der Waals surface area (Å²) in [7, 11) is 0. The second-order valence-corrected chi connectivity index (χ2v) is 7.08. The Labute approximate surface area is 141 Å². The molecule has 1 atom stereocenters. The highest BCUT2D eigenvalue weighted by Crippen LogP contribution is 2.25. The molecule has 0 bridgehead atoms. The molecule has 1 fully saturated rings. The molecular formula is C18H23N3OS. The Hall–Kier alpha value is -1.75. The molecule has 122 valence electrons. The van der Waals surface area contributed by atoms with E-state index in [9.17, 15) is 4.79 Å². The standard InChI is InChI=1S/C18H23N3OS/c22-18(9-12-23-14-15-5-2-1-3-6-15)21-11-4-7-16(13-21)17-8-10-19-20-17/h1-3,5-6,8,10,16H,4,7,9,11-14H2,(H,19,20)/t16-/m0/s1. The number of carbonyl (C=O) groups is 1. The molecule has 0 aliphatic carbocycles. The van der Waals surface area contributed by atoms with Crippen LogP contribution < -0.4 is 0 Å². The number of likely N-dealkylation sites (tertiary alicyclic amines) is 1. The molecule has 23 heavy (non-hydrogen) atoms. The van der Waals surface area contributed by atoms with Gasteiger partial charge >= 0.3 is 0 Å². The lowest BCUT2D eigenvalue weighted by Gasteiger charge is -2.32. The number of thioether (sulfide) groups is 1. The Bertz CT molecular complexity index is 600. The number of aromatic nitrogens is 2. The van der Waals surface area contributed by atoms with Gasteiger partial charge < -0.3 is 4.90 Å². The number of nitrogens with one attached hydrogen (secondary N) is 1. The zero-order valence-corrected chi connectivity index (χ0v) is 14.1. The summed E-state index contributed by atoms with van der Waals surface area (Å²) in [5.74, 6) is 2.56. The van der Waals surface area contributed by atoms with Crippen LogP contribution in [0.15, 0.2) is 42.6 Å². The summed E-state index contributed by atoms with van der Waals surface area (Å²) < 4.78 is 0. The van der Waals surface area contributed by atoms with Gasteiger partial charge in [-0.2, -0.15) is 16.9 Å². The lowest BCUT2D eigenvalue weighted by atomic mass is 9.95. The van der Waals surface area contributed by atoms with Crippen LogP contribution in [0.4, 0.5) is 0 Å². The van der Waals surface area contributed by atoms with Gasteiger partial charge in [0.05, 0.1) is 0 Å². The van der Waals surface area contributed by atoms with E-state index < -0.39 is 0 Å². The number of rotatable bonds is 6. The smallest absolute Gasteiger partial charge is 0.223 e. The van der Waals surface area contributed by atoms with E-state index in [0.29, 0.717) is 12.3 Å². The molecule has 0 radical (unpaired) electrons. The van der Waals surface area contributed by atoms with Crippen LogP contribution in [0.1, 0.15) is 36.4 Å². The average molecular weight is 329 g/mol.